The molecule has 1 fully saturated rings. The normalized spacial score (nSPS) is 17.6. The van der Waals surface area contributed by atoms with E-state index in [-0.39, 0.29) is 18.0 Å². The summed E-state index contributed by atoms with van der Waals surface area (Å²) in [7, 11) is 3.39. The molecule has 0 aromatic heterocycles. The quantitative estimate of drug-likeness (QED) is 0.863. The first kappa shape index (κ1) is 20.4. The molecule has 7 heteroatoms. The number of hydrogen-bond acceptors (Lipinski definition) is 4. The molecule has 26 heavy (non-hydrogen) atoms. The van der Waals surface area contributed by atoms with Gasteiger partial charge >= 0.3 is 6.09 Å². The van der Waals surface area contributed by atoms with Gasteiger partial charge in [-0.15, -0.1) is 0 Å². The van der Waals surface area contributed by atoms with E-state index in [0.29, 0.717) is 23.7 Å². The molecular weight excluding hydrogens is 354 g/mol. The molecule has 2 rings (SSSR count). The molecule has 0 bridgehead atoms. The van der Waals surface area contributed by atoms with Gasteiger partial charge in [0.05, 0.1) is 10.6 Å². The Bertz CT molecular complexity index is 670. The van der Waals surface area contributed by atoms with Gasteiger partial charge in [0.2, 0.25) is 0 Å². The van der Waals surface area contributed by atoms with Crippen LogP contribution in [0.2, 0.25) is 5.02 Å². The summed E-state index contributed by atoms with van der Waals surface area (Å²) in [6.45, 7) is 6.84. The number of carbonyl (C=O) groups is 2. The summed E-state index contributed by atoms with van der Waals surface area (Å²) in [4.78, 5) is 27.7. The zero-order valence-corrected chi connectivity index (χ0v) is 16.9. The van der Waals surface area contributed by atoms with E-state index in [1.54, 1.807) is 31.1 Å². The van der Waals surface area contributed by atoms with Gasteiger partial charge in [0, 0.05) is 38.9 Å². The summed E-state index contributed by atoms with van der Waals surface area (Å²) in [5.74, 6) is -0.141. The molecule has 1 aromatic rings. The monoisotopic (exact) mass is 381 g/mol. The van der Waals surface area contributed by atoms with Gasteiger partial charge < -0.3 is 19.9 Å². The van der Waals surface area contributed by atoms with Crippen LogP contribution in [0.5, 0.6) is 0 Å². The van der Waals surface area contributed by atoms with Crippen LogP contribution >= 0.6 is 11.6 Å². The van der Waals surface area contributed by atoms with Gasteiger partial charge in [0.25, 0.3) is 5.91 Å². The largest absolute Gasteiger partial charge is 0.444 e. The minimum atomic E-state index is -0.505. The number of benzene rings is 1. The van der Waals surface area contributed by atoms with E-state index in [9.17, 15) is 9.59 Å². The Kier molecular flexibility index (Phi) is 6.39. The van der Waals surface area contributed by atoms with Gasteiger partial charge in [0.1, 0.15) is 5.60 Å². The van der Waals surface area contributed by atoms with Gasteiger partial charge in [-0.1, -0.05) is 11.6 Å². The van der Waals surface area contributed by atoms with Crippen molar-refractivity contribution in [3.8, 4) is 0 Å². The molecule has 0 spiro atoms. The lowest BCUT2D eigenvalue weighted by Crippen LogP contribution is -2.47. The highest BCUT2D eigenvalue weighted by Gasteiger charge is 2.27. The Labute approximate surface area is 160 Å². The van der Waals surface area contributed by atoms with Crippen molar-refractivity contribution in [2.75, 3.05) is 32.5 Å². The van der Waals surface area contributed by atoms with E-state index in [1.807, 2.05) is 26.8 Å². The lowest BCUT2D eigenvalue weighted by atomic mass is 10.1. The van der Waals surface area contributed by atoms with Crippen molar-refractivity contribution < 1.29 is 14.3 Å². The highest BCUT2D eigenvalue weighted by Crippen LogP contribution is 2.24. The first-order valence-electron chi connectivity index (χ1n) is 8.82. The number of amides is 2. The number of hydrogen-bond donors (Lipinski definition) is 1. The topological polar surface area (TPSA) is 61.9 Å². The van der Waals surface area contributed by atoms with Crippen molar-refractivity contribution >= 4 is 29.3 Å². The molecule has 0 saturated carbocycles. The van der Waals surface area contributed by atoms with E-state index in [2.05, 4.69) is 5.32 Å². The molecule has 2 amide bonds. The molecule has 1 aliphatic rings. The number of likely N-dealkylation sites (tertiary alicyclic amines) is 1. The molecule has 0 radical (unpaired) electrons. The number of anilines is 1. The van der Waals surface area contributed by atoms with Crippen LogP contribution in [0, 0.1) is 0 Å². The molecule has 1 N–H and O–H groups in total. The number of nitrogens with zero attached hydrogens (tertiary/aromatic N) is 2. The van der Waals surface area contributed by atoms with Crippen LogP contribution in [-0.4, -0.2) is 60.6 Å². The molecule has 1 heterocycles. The molecule has 1 saturated heterocycles. The number of ether oxygens (including phenoxy) is 1. The fraction of sp³-hybridized carbons (Fsp3) is 0.579. The number of halogens is 1. The smallest absolute Gasteiger partial charge is 0.410 e. The molecule has 144 valence electrons. The van der Waals surface area contributed by atoms with E-state index >= 15 is 0 Å². The zero-order chi connectivity index (χ0) is 19.5. The highest BCUT2D eigenvalue weighted by atomic mass is 35.5. The van der Waals surface area contributed by atoms with Gasteiger partial charge in [-0.2, -0.15) is 0 Å². The van der Waals surface area contributed by atoms with Crippen LogP contribution in [0.4, 0.5) is 10.5 Å². The lowest BCUT2D eigenvalue weighted by molar-refractivity contribution is 0.0206. The number of nitrogens with one attached hydrogen (secondary N) is 1. The van der Waals surface area contributed by atoms with Crippen LogP contribution in [0.1, 0.15) is 44.0 Å². The first-order valence-corrected chi connectivity index (χ1v) is 9.20. The van der Waals surface area contributed by atoms with Crippen molar-refractivity contribution in [3.05, 3.63) is 28.8 Å². The van der Waals surface area contributed by atoms with Crippen LogP contribution in [0.3, 0.4) is 0 Å². The standard InChI is InChI=1S/C19H28ClN3O3/c1-19(2,3)26-18(25)23-10-6-7-14(12-23)21-13-8-9-16(20)15(11-13)17(24)22(4)5/h8-9,11,14,21H,6-7,10,12H2,1-5H3/t14-/m1/s1. The molecule has 6 nitrogen and oxygen atoms in total. The van der Waals surface area contributed by atoms with Crippen molar-refractivity contribution in [1.82, 2.24) is 9.80 Å². The van der Waals surface area contributed by atoms with Gasteiger partial charge in [-0.05, 0) is 51.8 Å². The maximum Gasteiger partial charge on any atom is 0.410 e. The summed E-state index contributed by atoms with van der Waals surface area (Å²) in [5.41, 5.74) is 0.770. The molecule has 0 unspecified atom stereocenters. The molecule has 1 atom stereocenters. The predicted molar refractivity (Wildman–Crippen MR) is 104 cm³/mol. The lowest BCUT2D eigenvalue weighted by Gasteiger charge is -2.35. The zero-order valence-electron chi connectivity index (χ0n) is 16.1. The van der Waals surface area contributed by atoms with Gasteiger partial charge in [0.15, 0.2) is 0 Å². The summed E-state index contributed by atoms with van der Waals surface area (Å²) in [6, 6.07) is 5.42. The first-order chi connectivity index (χ1) is 12.1. The van der Waals surface area contributed by atoms with Crippen LogP contribution in [0.15, 0.2) is 18.2 Å². The summed E-state index contributed by atoms with van der Waals surface area (Å²) in [5, 5.41) is 3.84. The minimum absolute atomic E-state index is 0.0970. The third kappa shape index (κ3) is 5.53. The van der Waals surface area contributed by atoms with Crippen molar-refractivity contribution in [2.24, 2.45) is 0 Å². The van der Waals surface area contributed by atoms with Crippen LogP contribution in [-0.2, 0) is 4.74 Å². The van der Waals surface area contributed by atoms with E-state index in [4.69, 9.17) is 16.3 Å². The van der Waals surface area contributed by atoms with Crippen LogP contribution < -0.4 is 5.32 Å². The third-order valence-electron chi connectivity index (χ3n) is 4.05. The second-order valence-corrected chi connectivity index (χ2v) is 8.21. The predicted octanol–water partition coefficient (Wildman–Crippen LogP) is 3.85. The van der Waals surface area contributed by atoms with E-state index in [0.717, 1.165) is 18.5 Å². The average Bonchev–Trinajstić information content (AvgIpc) is 2.54. The summed E-state index contributed by atoms with van der Waals surface area (Å²) in [6.07, 6.45) is 1.55. The molecule has 1 aliphatic heterocycles. The Morgan fingerprint density at radius 1 is 1.31 bits per heavy atom. The minimum Gasteiger partial charge on any atom is -0.444 e. The summed E-state index contributed by atoms with van der Waals surface area (Å²) < 4.78 is 5.46. The third-order valence-corrected chi connectivity index (χ3v) is 4.38. The molecule has 1 aromatic carbocycles. The maximum absolute atomic E-state index is 12.3. The van der Waals surface area contributed by atoms with Gasteiger partial charge in [-0.3, -0.25) is 4.79 Å². The van der Waals surface area contributed by atoms with E-state index < -0.39 is 5.60 Å². The second kappa shape index (κ2) is 8.16. The molecule has 0 aliphatic carbocycles. The van der Waals surface area contributed by atoms with Crippen molar-refractivity contribution in [1.29, 1.82) is 0 Å². The molecular formula is C19H28ClN3O3. The number of carbonyl (C=O) groups excluding carboxylic acids is 2. The Morgan fingerprint density at radius 3 is 2.62 bits per heavy atom. The average molecular weight is 382 g/mol. The van der Waals surface area contributed by atoms with Crippen molar-refractivity contribution in [2.45, 2.75) is 45.3 Å². The Balaban J connectivity index is 2.05. The highest BCUT2D eigenvalue weighted by molar-refractivity contribution is 6.34. The second-order valence-electron chi connectivity index (χ2n) is 7.80. The Hall–Kier alpha value is -1.95. The fourth-order valence-corrected chi connectivity index (χ4v) is 3.04. The van der Waals surface area contributed by atoms with Crippen LogP contribution in [0.25, 0.3) is 0 Å². The maximum atomic E-state index is 12.3. The Morgan fingerprint density at radius 2 is 2.00 bits per heavy atom. The van der Waals surface area contributed by atoms with E-state index in [1.165, 1.54) is 4.90 Å². The van der Waals surface area contributed by atoms with Gasteiger partial charge in [-0.25, -0.2) is 4.79 Å². The SMILES string of the molecule is CN(C)C(=O)c1cc(N[C@@H]2CCCN(C(=O)OC(C)(C)C)C2)ccc1Cl. The number of rotatable bonds is 3. The fourth-order valence-electron chi connectivity index (χ4n) is 2.84. The summed E-state index contributed by atoms with van der Waals surface area (Å²) >= 11 is 6.16. The van der Waals surface area contributed by atoms with Crippen molar-refractivity contribution in [3.63, 3.8) is 0 Å². The number of piperidine rings is 1.